The minimum atomic E-state index is -2.82. The van der Waals surface area contributed by atoms with Crippen LogP contribution in [0.25, 0.3) is 0 Å². The number of carbonyl (C=O) groups excluding carboxylic acids is 1. The molecule has 2 fully saturated rings. The number of carbonyl (C=O) groups is 1. The van der Waals surface area contributed by atoms with E-state index in [1.54, 1.807) is 6.92 Å². The largest absolute Gasteiger partial charge is 0.463 e. The lowest BCUT2D eigenvalue weighted by Gasteiger charge is -2.27. The molecule has 2 rings (SSSR count). The minimum Gasteiger partial charge on any atom is -0.463 e. The van der Waals surface area contributed by atoms with Gasteiger partial charge in [-0.3, -0.25) is 4.57 Å². The highest BCUT2D eigenvalue weighted by atomic mass is 31.2. The normalized spacial score (nSPS) is 22.6. The number of rotatable bonds is 9. The van der Waals surface area contributed by atoms with Crippen molar-refractivity contribution in [1.29, 1.82) is 0 Å². The van der Waals surface area contributed by atoms with Gasteiger partial charge in [0.15, 0.2) is 0 Å². The Labute approximate surface area is 140 Å². The molecule has 1 unspecified atom stereocenters. The first-order chi connectivity index (χ1) is 11.1. The predicted molar refractivity (Wildman–Crippen MR) is 93.0 cm³/mol. The van der Waals surface area contributed by atoms with Gasteiger partial charge in [-0.05, 0) is 51.4 Å². The molecule has 2 saturated carbocycles. The molecule has 2 aliphatic rings. The zero-order valence-electron chi connectivity index (χ0n) is 14.6. The summed E-state index contributed by atoms with van der Waals surface area (Å²) in [5.41, 5.74) is 0.571. The van der Waals surface area contributed by atoms with Crippen LogP contribution in [0.2, 0.25) is 0 Å². The molecule has 0 spiro atoms. The van der Waals surface area contributed by atoms with Crippen LogP contribution < -0.4 is 0 Å². The first kappa shape index (κ1) is 18.7. The molecule has 0 amide bonds. The zero-order chi connectivity index (χ0) is 16.7. The monoisotopic (exact) mass is 342 g/mol. The summed E-state index contributed by atoms with van der Waals surface area (Å²) in [5, 5.41) is 0. The van der Waals surface area contributed by atoms with Gasteiger partial charge in [0.05, 0.1) is 19.4 Å². The van der Waals surface area contributed by atoms with E-state index >= 15 is 0 Å². The van der Waals surface area contributed by atoms with E-state index in [2.05, 4.69) is 0 Å². The molecule has 23 heavy (non-hydrogen) atoms. The van der Waals surface area contributed by atoms with Gasteiger partial charge in [-0.15, -0.1) is 0 Å². The van der Waals surface area contributed by atoms with Crippen LogP contribution >= 0.6 is 7.37 Å². The average Bonchev–Trinajstić information content (AvgIpc) is 3.32. The van der Waals surface area contributed by atoms with Crippen molar-refractivity contribution in [2.24, 2.45) is 11.8 Å². The summed E-state index contributed by atoms with van der Waals surface area (Å²) < 4.78 is 24.2. The first-order valence-corrected chi connectivity index (χ1v) is 11.2. The van der Waals surface area contributed by atoms with Crippen LogP contribution in [0.5, 0.6) is 0 Å². The number of esters is 1. The van der Waals surface area contributed by atoms with Gasteiger partial charge in [-0.1, -0.05) is 25.3 Å². The van der Waals surface area contributed by atoms with Gasteiger partial charge in [0, 0.05) is 11.7 Å². The third kappa shape index (κ3) is 6.43. The standard InChI is InChI=1S/C18H31O4P/c1-3-21-18(19)17(12-15-10-11-15)14-23(20,22-4-2)13-16-8-6-5-7-9-16/h12,15-16H,3-11,13-14H2,1-2H3/b17-12+. The molecular formula is C18H31O4P. The second-order valence-electron chi connectivity index (χ2n) is 6.83. The van der Waals surface area contributed by atoms with Gasteiger partial charge in [0.1, 0.15) is 0 Å². The fourth-order valence-electron chi connectivity index (χ4n) is 3.38. The molecule has 0 heterocycles. The molecular weight excluding hydrogens is 311 g/mol. The second-order valence-corrected chi connectivity index (χ2v) is 9.40. The van der Waals surface area contributed by atoms with Crippen molar-refractivity contribution in [3.05, 3.63) is 11.6 Å². The Morgan fingerprint density at radius 3 is 2.35 bits per heavy atom. The molecule has 0 N–H and O–H groups in total. The molecule has 0 aromatic carbocycles. The summed E-state index contributed by atoms with van der Waals surface area (Å²) in [7, 11) is -2.82. The van der Waals surface area contributed by atoms with Crippen molar-refractivity contribution in [3.63, 3.8) is 0 Å². The van der Waals surface area contributed by atoms with Crippen LogP contribution in [-0.2, 0) is 18.6 Å². The highest BCUT2D eigenvalue weighted by Gasteiger charge is 2.33. The quantitative estimate of drug-likeness (QED) is 0.344. The lowest BCUT2D eigenvalue weighted by atomic mass is 9.91. The van der Waals surface area contributed by atoms with Gasteiger partial charge in [-0.25, -0.2) is 4.79 Å². The van der Waals surface area contributed by atoms with E-state index in [1.807, 2.05) is 13.0 Å². The lowest BCUT2D eigenvalue weighted by molar-refractivity contribution is -0.138. The molecule has 4 nitrogen and oxygen atoms in total. The van der Waals surface area contributed by atoms with Crippen molar-refractivity contribution >= 4 is 13.3 Å². The van der Waals surface area contributed by atoms with Gasteiger partial charge in [0.2, 0.25) is 7.37 Å². The number of ether oxygens (including phenoxy) is 1. The van der Waals surface area contributed by atoms with Gasteiger partial charge in [0.25, 0.3) is 0 Å². The van der Waals surface area contributed by atoms with Gasteiger partial charge >= 0.3 is 5.97 Å². The maximum absolute atomic E-state index is 13.3. The van der Waals surface area contributed by atoms with Crippen LogP contribution in [0.4, 0.5) is 0 Å². The van der Waals surface area contributed by atoms with E-state index in [9.17, 15) is 9.36 Å². The molecule has 0 aliphatic heterocycles. The lowest BCUT2D eigenvalue weighted by Crippen LogP contribution is -2.17. The Morgan fingerprint density at radius 2 is 1.78 bits per heavy atom. The summed E-state index contributed by atoms with van der Waals surface area (Å²) in [6.07, 6.45) is 11.1. The smallest absolute Gasteiger partial charge is 0.334 e. The van der Waals surface area contributed by atoms with E-state index in [-0.39, 0.29) is 12.1 Å². The summed E-state index contributed by atoms with van der Waals surface area (Å²) in [4.78, 5) is 12.2. The zero-order valence-corrected chi connectivity index (χ0v) is 15.5. The molecule has 0 radical (unpaired) electrons. The third-order valence-electron chi connectivity index (χ3n) is 4.63. The summed E-state index contributed by atoms with van der Waals surface area (Å²) in [6.45, 7) is 4.46. The summed E-state index contributed by atoms with van der Waals surface area (Å²) >= 11 is 0. The van der Waals surface area contributed by atoms with Crippen molar-refractivity contribution < 1.29 is 18.6 Å². The predicted octanol–water partition coefficient (Wildman–Crippen LogP) is 4.78. The van der Waals surface area contributed by atoms with Gasteiger partial charge < -0.3 is 9.26 Å². The van der Waals surface area contributed by atoms with Crippen molar-refractivity contribution in [2.45, 2.75) is 58.8 Å². The molecule has 0 aromatic rings. The highest BCUT2D eigenvalue weighted by Crippen LogP contribution is 2.52. The van der Waals surface area contributed by atoms with Crippen molar-refractivity contribution in [3.8, 4) is 0 Å². The average molecular weight is 342 g/mol. The van der Waals surface area contributed by atoms with Crippen molar-refractivity contribution in [2.75, 3.05) is 25.5 Å². The molecule has 0 bridgehead atoms. The number of allylic oxidation sites excluding steroid dienone is 1. The Bertz CT molecular complexity index is 462. The van der Waals surface area contributed by atoms with Gasteiger partial charge in [-0.2, -0.15) is 0 Å². The fraction of sp³-hybridized carbons (Fsp3) is 0.833. The SMILES string of the molecule is CCOC(=O)/C(=C/C1CC1)CP(=O)(CC1CCCCC1)OCC. The molecule has 1 atom stereocenters. The summed E-state index contributed by atoms with van der Waals surface area (Å²) in [6, 6.07) is 0. The summed E-state index contributed by atoms with van der Waals surface area (Å²) in [5.74, 6) is 0.618. The Kier molecular flexibility index (Phi) is 7.36. The molecule has 0 saturated heterocycles. The van der Waals surface area contributed by atoms with Crippen LogP contribution in [0, 0.1) is 11.8 Å². The Morgan fingerprint density at radius 1 is 1.09 bits per heavy atom. The topological polar surface area (TPSA) is 52.6 Å². The second kappa shape index (κ2) is 9.03. The first-order valence-electron chi connectivity index (χ1n) is 9.16. The van der Waals surface area contributed by atoms with E-state index in [0.717, 1.165) is 25.7 Å². The molecule has 2 aliphatic carbocycles. The minimum absolute atomic E-state index is 0.243. The van der Waals surface area contributed by atoms with E-state index in [1.165, 1.54) is 19.3 Å². The molecule has 5 heteroatoms. The number of hydrogen-bond acceptors (Lipinski definition) is 4. The van der Waals surface area contributed by atoms with Crippen LogP contribution in [0.15, 0.2) is 11.6 Å². The Balaban J connectivity index is 2.07. The van der Waals surface area contributed by atoms with Crippen LogP contribution in [0.3, 0.4) is 0 Å². The maximum atomic E-state index is 13.3. The number of hydrogen-bond donors (Lipinski definition) is 0. The van der Waals surface area contributed by atoms with E-state index in [4.69, 9.17) is 9.26 Å². The van der Waals surface area contributed by atoms with E-state index < -0.39 is 7.37 Å². The van der Waals surface area contributed by atoms with Crippen LogP contribution in [0.1, 0.15) is 58.8 Å². The van der Waals surface area contributed by atoms with E-state index in [0.29, 0.717) is 36.8 Å². The maximum Gasteiger partial charge on any atom is 0.334 e. The van der Waals surface area contributed by atoms with Crippen LogP contribution in [-0.4, -0.2) is 31.5 Å². The fourth-order valence-corrected chi connectivity index (χ4v) is 6.08. The molecule has 132 valence electrons. The molecule has 0 aromatic heterocycles. The third-order valence-corrected chi connectivity index (χ3v) is 7.26. The van der Waals surface area contributed by atoms with Crippen molar-refractivity contribution in [1.82, 2.24) is 0 Å². The Hall–Kier alpha value is -0.600. The highest BCUT2D eigenvalue weighted by molar-refractivity contribution is 7.59.